The van der Waals surface area contributed by atoms with Crippen LogP contribution in [-0.4, -0.2) is 20.5 Å². The highest BCUT2D eigenvalue weighted by atomic mass is 16.3. The topological polar surface area (TPSA) is 61.8 Å². The van der Waals surface area contributed by atoms with E-state index >= 15 is 0 Å². The second-order valence-electron chi connectivity index (χ2n) is 13.3. The number of hydrogen-bond acceptors (Lipinski definition) is 3. The van der Waals surface area contributed by atoms with Crippen LogP contribution in [0.15, 0.2) is 12.4 Å². The summed E-state index contributed by atoms with van der Waals surface area (Å²) < 4.78 is 2.00. The summed E-state index contributed by atoms with van der Waals surface area (Å²) >= 11 is 0. The standard InChI is InChI=1S/C29H45N3O/c1-19(2)13-29(33)12-10-23-22(14-29)5-6-25-24(23)9-11-28(4)26(7-8-27(25)28)20(3)17-32-18-21(15-30)16-31-32/h16,18-20,22-27,33H,5-14,17H2,1-4H3/t20?,22-,23+,24-,25-,26-,27+,28-,29+/m1/s1. The molecular formula is C29H45N3O. The van der Waals surface area contributed by atoms with Gasteiger partial charge in [-0.3, -0.25) is 4.68 Å². The molecule has 4 heteroatoms. The molecule has 5 rings (SSSR count). The van der Waals surface area contributed by atoms with E-state index in [1.54, 1.807) is 6.20 Å². The van der Waals surface area contributed by atoms with Crippen LogP contribution < -0.4 is 0 Å². The lowest BCUT2D eigenvalue weighted by molar-refractivity contribution is -0.113. The van der Waals surface area contributed by atoms with E-state index in [-0.39, 0.29) is 0 Å². The summed E-state index contributed by atoms with van der Waals surface area (Å²) in [5.74, 6) is 6.28. The van der Waals surface area contributed by atoms with Gasteiger partial charge >= 0.3 is 0 Å². The lowest BCUT2D eigenvalue weighted by atomic mass is 9.48. The summed E-state index contributed by atoms with van der Waals surface area (Å²) in [4.78, 5) is 0. The maximum atomic E-state index is 11.3. The van der Waals surface area contributed by atoms with E-state index in [9.17, 15) is 5.11 Å². The minimum atomic E-state index is -0.392. The monoisotopic (exact) mass is 451 g/mol. The Morgan fingerprint density at radius 2 is 1.88 bits per heavy atom. The zero-order valence-electron chi connectivity index (χ0n) is 21.3. The second-order valence-corrected chi connectivity index (χ2v) is 13.3. The fourth-order valence-corrected chi connectivity index (χ4v) is 9.83. The van der Waals surface area contributed by atoms with Crippen molar-refractivity contribution in [1.82, 2.24) is 9.78 Å². The fraction of sp³-hybridized carbons (Fsp3) is 0.862. The molecule has 1 aromatic rings. The predicted octanol–water partition coefficient (Wildman–Crippen LogP) is 6.44. The molecule has 4 fully saturated rings. The summed E-state index contributed by atoms with van der Waals surface area (Å²) in [6.07, 6.45) is 16.3. The Bertz CT molecular complexity index is 886. The predicted molar refractivity (Wildman–Crippen MR) is 131 cm³/mol. The average Bonchev–Trinajstić information content (AvgIpc) is 3.35. The van der Waals surface area contributed by atoms with Gasteiger partial charge in [-0.15, -0.1) is 0 Å². The summed E-state index contributed by atoms with van der Waals surface area (Å²) in [5, 5.41) is 24.9. The highest BCUT2D eigenvalue weighted by Crippen LogP contribution is 2.65. The van der Waals surface area contributed by atoms with Crippen LogP contribution in [0.1, 0.15) is 97.5 Å². The first-order chi connectivity index (χ1) is 15.7. The van der Waals surface area contributed by atoms with Crippen molar-refractivity contribution in [3.05, 3.63) is 18.0 Å². The van der Waals surface area contributed by atoms with E-state index in [1.165, 1.54) is 44.9 Å². The first-order valence-corrected chi connectivity index (χ1v) is 13.9. The lowest BCUT2D eigenvalue weighted by Gasteiger charge is -2.57. The van der Waals surface area contributed by atoms with Gasteiger partial charge < -0.3 is 5.11 Å². The number of rotatable bonds is 5. The number of hydrogen-bond donors (Lipinski definition) is 1. The van der Waals surface area contributed by atoms with Crippen molar-refractivity contribution in [2.45, 2.75) is 104 Å². The summed E-state index contributed by atoms with van der Waals surface area (Å²) in [5.41, 5.74) is 0.741. The quantitative estimate of drug-likeness (QED) is 0.560. The molecule has 0 amide bonds. The minimum Gasteiger partial charge on any atom is -0.390 e. The molecule has 0 saturated heterocycles. The van der Waals surface area contributed by atoms with E-state index < -0.39 is 5.60 Å². The molecule has 0 aliphatic heterocycles. The maximum Gasteiger partial charge on any atom is 0.102 e. The number of nitriles is 1. The molecule has 182 valence electrons. The van der Waals surface area contributed by atoms with Gasteiger partial charge in [0.25, 0.3) is 0 Å². The van der Waals surface area contributed by atoms with Crippen molar-refractivity contribution in [3.63, 3.8) is 0 Å². The normalized spacial score (nSPS) is 43.4. The van der Waals surface area contributed by atoms with Crippen molar-refractivity contribution < 1.29 is 5.11 Å². The van der Waals surface area contributed by atoms with E-state index in [0.717, 1.165) is 61.3 Å². The molecule has 0 spiro atoms. The van der Waals surface area contributed by atoms with Gasteiger partial charge in [0.05, 0.1) is 17.4 Å². The van der Waals surface area contributed by atoms with Crippen LogP contribution in [0, 0.1) is 64.1 Å². The fourth-order valence-electron chi connectivity index (χ4n) is 9.83. The smallest absolute Gasteiger partial charge is 0.102 e. The molecular weight excluding hydrogens is 406 g/mol. The Labute approximate surface area is 201 Å². The maximum absolute atomic E-state index is 11.3. The first-order valence-electron chi connectivity index (χ1n) is 13.9. The largest absolute Gasteiger partial charge is 0.390 e. The molecule has 4 aliphatic carbocycles. The number of aliphatic hydroxyl groups is 1. The SMILES string of the molecule is CC(C)C[C@@]1(O)CC[C@H]2[C@H](CC[C@@H]3[C@@H]2CC[C@]2(C)[C@@H](C(C)Cn4cc(C#N)cn4)CC[C@@H]32)C1. The Kier molecular flexibility index (Phi) is 6.17. The molecule has 1 unspecified atom stereocenters. The van der Waals surface area contributed by atoms with Gasteiger partial charge in [-0.2, -0.15) is 10.4 Å². The summed E-state index contributed by atoms with van der Waals surface area (Å²) in [7, 11) is 0. The first kappa shape index (κ1) is 23.4. The third-order valence-corrected chi connectivity index (χ3v) is 10.9. The van der Waals surface area contributed by atoms with Crippen molar-refractivity contribution >= 4 is 0 Å². The Hall–Kier alpha value is -1.34. The van der Waals surface area contributed by atoms with E-state index in [1.807, 2.05) is 10.9 Å². The van der Waals surface area contributed by atoms with Gasteiger partial charge in [-0.25, -0.2) is 0 Å². The molecule has 4 aliphatic rings. The molecule has 4 nitrogen and oxygen atoms in total. The average molecular weight is 452 g/mol. The third-order valence-electron chi connectivity index (χ3n) is 10.9. The third kappa shape index (κ3) is 4.18. The molecule has 33 heavy (non-hydrogen) atoms. The number of aromatic nitrogens is 2. The van der Waals surface area contributed by atoms with Gasteiger partial charge in [0.1, 0.15) is 6.07 Å². The highest BCUT2D eigenvalue weighted by molar-refractivity contribution is 5.21. The zero-order chi connectivity index (χ0) is 23.4. The van der Waals surface area contributed by atoms with Gasteiger partial charge in [0, 0.05) is 12.7 Å². The van der Waals surface area contributed by atoms with Gasteiger partial charge in [0.15, 0.2) is 0 Å². The zero-order valence-corrected chi connectivity index (χ0v) is 21.3. The van der Waals surface area contributed by atoms with Crippen molar-refractivity contribution in [1.29, 1.82) is 5.26 Å². The molecule has 4 saturated carbocycles. The lowest BCUT2D eigenvalue weighted by Crippen LogP contribution is -2.51. The molecule has 1 N–H and O–H groups in total. The van der Waals surface area contributed by atoms with Crippen LogP contribution in [0.4, 0.5) is 0 Å². The van der Waals surface area contributed by atoms with Crippen LogP contribution in [0.2, 0.25) is 0 Å². The molecule has 1 aromatic heterocycles. The van der Waals surface area contributed by atoms with Crippen molar-refractivity contribution in [3.8, 4) is 6.07 Å². The molecule has 1 heterocycles. The number of fused-ring (bicyclic) bond motifs is 5. The number of nitrogens with zero attached hydrogens (tertiary/aromatic N) is 3. The Morgan fingerprint density at radius 1 is 1.09 bits per heavy atom. The van der Waals surface area contributed by atoms with E-state index in [2.05, 4.69) is 38.9 Å². The highest BCUT2D eigenvalue weighted by Gasteiger charge is 2.58. The van der Waals surface area contributed by atoms with E-state index in [4.69, 9.17) is 5.26 Å². The van der Waals surface area contributed by atoms with Crippen LogP contribution in [0.25, 0.3) is 0 Å². The summed E-state index contributed by atoms with van der Waals surface area (Å²) in [6.45, 7) is 10.5. The van der Waals surface area contributed by atoms with Gasteiger partial charge in [0.2, 0.25) is 0 Å². The summed E-state index contributed by atoms with van der Waals surface area (Å²) in [6, 6.07) is 2.21. The van der Waals surface area contributed by atoms with Crippen LogP contribution in [-0.2, 0) is 6.54 Å². The van der Waals surface area contributed by atoms with Crippen molar-refractivity contribution in [2.75, 3.05) is 0 Å². The molecule has 0 radical (unpaired) electrons. The second kappa shape index (κ2) is 8.71. The Balaban J connectivity index is 1.26. The van der Waals surface area contributed by atoms with Crippen LogP contribution in [0.3, 0.4) is 0 Å². The van der Waals surface area contributed by atoms with Crippen molar-refractivity contribution in [2.24, 2.45) is 52.8 Å². The van der Waals surface area contributed by atoms with Gasteiger partial charge in [-0.1, -0.05) is 27.7 Å². The van der Waals surface area contributed by atoms with Crippen LogP contribution in [0.5, 0.6) is 0 Å². The van der Waals surface area contributed by atoms with Gasteiger partial charge in [-0.05, 0) is 117 Å². The molecule has 9 atom stereocenters. The molecule has 0 bridgehead atoms. The Morgan fingerprint density at radius 3 is 2.61 bits per heavy atom. The minimum absolute atomic E-state index is 0.392. The molecule has 0 aromatic carbocycles. The van der Waals surface area contributed by atoms with E-state index in [0.29, 0.717) is 22.8 Å². The van der Waals surface area contributed by atoms with Crippen LogP contribution >= 0.6 is 0 Å².